The van der Waals surface area contributed by atoms with Gasteiger partial charge in [-0.1, -0.05) is 39.8 Å². The van der Waals surface area contributed by atoms with Crippen LogP contribution in [-0.2, 0) is 9.59 Å². The minimum atomic E-state index is -0.848. The molecule has 1 aromatic carbocycles. The summed E-state index contributed by atoms with van der Waals surface area (Å²) in [6.07, 6.45) is 0.0384. The van der Waals surface area contributed by atoms with E-state index in [2.05, 4.69) is 15.9 Å². The predicted molar refractivity (Wildman–Crippen MR) is 72.3 cm³/mol. The van der Waals surface area contributed by atoms with Gasteiger partial charge >= 0.3 is 5.97 Å². The number of halogens is 1. The molecule has 0 saturated heterocycles. The van der Waals surface area contributed by atoms with Gasteiger partial charge in [0.15, 0.2) is 5.12 Å². The van der Waals surface area contributed by atoms with Crippen molar-refractivity contribution in [2.45, 2.75) is 19.3 Å². The van der Waals surface area contributed by atoms with E-state index in [-0.39, 0.29) is 17.5 Å². The minimum Gasteiger partial charge on any atom is -0.481 e. The average Bonchev–Trinajstić information content (AvgIpc) is 2.23. The third-order valence-electron chi connectivity index (χ3n) is 2.23. The average molecular weight is 317 g/mol. The van der Waals surface area contributed by atoms with Crippen LogP contribution >= 0.6 is 27.7 Å². The van der Waals surface area contributed by atoms with Gasteiger partial charge in [0.1, 0.15) is 0 Å². The lowest BCUT2D eigenvalue weighted by molar-refractivity contribution is -0.137. The molecule has 1 N–H and O–H groups in total. The van der Waals surface area contributed by atoms with Gasteiger partial charge in [-0.2, -0.15) is 0 Å². The van der Waals surface area contributed by atoms with Crippen molar-refractivity contribution in [1.82, 2.24) is 0 Å². The van der Waals surface area contributed by atoms with Gasteiger partial charge in [-0.05, 0) is 17.7 Å². The summed E-state index contributed by atoms with van der Waals surface area (Å²) in [4.78, 5) is 21.7. The smallest absolute Gasteiger partial charge is 0.303 e. The molecular weight excluding hydrogens is 304 g/mol. The Morgan fingerprint density at radius 2 is 2.18 bits per heavy atom. The van der Waals surface area contributed by atoms with Crippen molar-refractivity contribution >= 4 is 38.8 Å². The molecule has 0 aliphatic heterocycles. The SMILES string of the molecule is CC(=O)SCC(CC(=O)O)c1cccc(Br)c1. The molecule has 0 aliphatic carbocycles. The highest BCUT2D eigenvalue weighted by molar-refractivity contribution is 9.10. The second-order valence-corrected chi connectivity index (χ2v) is 5.76. The van der Waals surface area contributed by atoms with Crippen LogP contribution in [0, 0.1) is 0 Å². The fourth-order valence-electron chi connectivity index (χ4n) is 1.46. The van der Waals surface area contributed by atoms with Crippen LogP contribution in [0.5, 0.6) is 0 Å². The number of carbonyl (C=O) groups is 2. The Hall–Kier alpha value is -0.810. The quantitative estimate of drug-likeness (QED) is 0.905. The third kappa shape index (κ3) is 5.37. The molecule has 0 heterocycles. The van der Waals surface area contributed by atoms with E-state index in [9.17, 15) is 9.59 Å². The molecule has 0 bridgehead atoms. The minimum absolute atomic E-state index is 0.00962. The summed E-state index contributed by atoms with van der Waals surface area (Å²) in [6, 6.07) is 7.54. The number of rotatable bonds is 5. The fraction of sp³-hybridized carbons (Fsp3) is 0.333. The largest absolute Gasteiger partial charge is 0.481 e. The van der Waals surface area contributed by atoms with Crippen molar-refractivity contribution in [3.05, 3.63) is 34.3 Å². The zero-order chi connectivity index (χ0) is 12.8. The van der Waals surface area contributed by atoms with Gasteiger partial charge in [0.05, 0.1) is 6.42 Å². The number of hydrogen-bond donors (Lipinski definition) is 1. The lowest BCUT2D eigenvalue weighted by Crippen LogP contribution is -2.09. The molecule has 1 aromatic rings. The summed E-state index contributed by atoms with van der Waals surface area (Å²) in [5, 5.41) is 8.88. The summed E-state index contributed by atoms with van der Waals surface area (Å²) >= 11 is 4.52. The molecular formula is C12H13BrO3S. The molecule has 1 unspecified atom stereocenters. The van der Waals surface area contributed by atoms with E-state index < -0.39 is 5.97 Å². The molecule has 0 amide bonds. The summed E-state index contributed by atoms with van der Waals surface area (Å²) in [5.41, 5.74) is 0.940. The Bertz CT molecular complexity index is 420. The number of aliphatic carboxylic acids is 1. The lowest BCUT2D eigenvalue weighted by atomic mass is 9.98. The maximum Gasteiger partial charge on any atom is 0.303 e. The summed E-state index contributed by atoms with van der Waals surface area (Å²) in [5.74, 6) is -0.490. The maximum absolute atomic E-state index is 10.9. The Morgan fingerprint density at radius 1 is 1.47 bits per heavy atom. The molecule has 0 fully saturated rings. The standard InChI is InChI=1S/C12H13BrO3S/c1-8(14)17-7-10(6-12(15)16)9-3-2-4-11(13)5-9/h2-5,10H,6-7H2,1H3,(H,15,16). The van der Waals surface area contributed by atoms with Crippen LogP contribution in [0.15, 0.2) is 28.7 Å². The molecule has 1 atom stereocenters. The Kier molecular flexibility index (Phi) is 5.71. The van der Waals surface area contributed by atoms with Crippen LogP contribution in [0.3, 0.4) is 0 Å². The molecule has 3 nitrogen and oxygen atoms in total. The molecule has 17 heavy (non-hydrogen) atoms. The summed E-state index contributed by atoms with van der Waals surface area (Å²) < 4.78 is 0.915. The van der Waals surface area contributed by atoms with E-state index in [0.717, 1.165) is 21.8 Å². The van der Waals surface area contributed by atoms with Gasteiger partial charge in [0.2, 0.25) is 0 Å². The van der Waals surface area contributed by atoms with Gasteiger partial charge in [-0.3, -0.25) is 9.59 Å². The molecule has 5 heteroatoms. The van der Waals surface area contributed by atoms with E-state index in [1.54, 1.807) is 0 Å². The van der Waals surface area contributed by atoms with Gasteiger partial charge in [0, 0.05) is 23.1 Å². The summed E-state index contributed by atoms with van der Waals surface area (Å²) in [7, 11) is 0. The van der Waals surface area contributed by atoms with E-state index in [1.165, 1.54) is 6.92 Å². The predicted octanol–water partition coefficient (Wildman–Crippen LogP) is 3.29. The number of carboxylic acids is 1. The second kappa shape index (κ2) is 6.81. The molecule has 0 saturated carbocycles. The first kappa shape index (κ1) is 14.3. The van der Waals surface area contributed by atoms with Crippen molar-refractivity contribution in [1.29, 1.82) is 0 Å². The van der Waals surface area contributed by atoms with Crippen LogP contribution < -0.4 is 0 Å². The lowest BCUT2D eigenvalue weighted by Gasteiger charge is -2.14. The van der Waals surface area contributed by atoms with Crippen LogP contribution in [0.2, 0.25) is 0 Å². The number of hydrogen-bond acceptors (Lipinski definition) is 3. The molecule has 0 aliphatic rings. The molecule has 0 aromatic heterocycles. The van der Waals surface area contributed by atoms with Gasteiger partial charge in [-0.15, -0.1) is 0 Å². The van der Waals surface area contributed by atoms with E-state index in [0.29, 0.717) is 5.75 Å². The maximum atomic E-state index is 10.9. The zero-order valence-corrected chi connectivity index (χ0v) is 11.8. The van der Waals surface area contributed by atoms with Gasteiger partial charge < -0.3 is 5.11 Å². The highest BCUT2D eigenvalue weighted by atomic mass is 79.9. The van der Waals surface area contributed by atoms with Crippen LogP contribution in [0.4, 0.5) is 0 Å². The fourth-order valence-corrected chi connectivity index (χ4v) is 2.63. The highest BCUT2D eigenvalue weighted by Gasteiger charge is 2.16. The van der Waals surface area contributed by atoms with Crippen LogP contribution in [0.1, 0.15) is 24.8 Å². The van der Waals surface area contributed by atoms with Crippen molar-refractivity contribution in [3.63, 3.8) is 0 Å². The first-order valence-electron chi connectivity index (χ1n) is 5.09. The van der Waals surface area contributed by atoms with Crippen molar-refractivity contribution in [2.75, 3.05) is 5.75 Å². The Morgan fingerprint density at radius 3 is 2.71 bits per heavy atom. The monoisotopic (exact) mass is 316 g/mol. The molecule has 0 spiro atoms. The zero-order valence-electron chi connectivity index (χ0n) is 9.35. The van der Waals surface area contributed by atoms with Gasteiger partial charge in [0.25, 0.3) is 0 Å². The Balaban J connectivity index is 2.81. The first-order chi connectivity index (χ1) is 7.99. The van der Waals surface area contributed by atoms with Gasteiger partial charge in [-0.25, -0.2) is 0 Å². The van der Waals surface area contributed by atoms with Crippen LogP contribution in [0.25, 0.3) is 0 Å². The topological polar surface area (TPSA) is 54.4 Å². The molecule has 92 valence electrons. The van der Waals surface area contributed by atoms with Crippen LogP contribution in [-0.4, -0.2) is 21.9 Å². The second-order valence-electron chi connectivity index (χ2n) is 3.65. The molecule has 1 rings (SSSR count). The van der Waals surface area contributed by atoms with Crippen molar-refractivity contribution in [2.24, 2.45) is 0 Å². The number of benzene rings is 1. The number of carbonyl (C=O) groups excluding carboxylic acids is 1. The van der Waals surface area contributed by atoms with E-state index in [4.69, 9.17) is 5.11 Å². The first-order valence-corrected chi connectivity index (χ1v) is 6.87. The highest BCUT2D eigenvalue weighted by Crippen LogP contribution is 2.26. The van der Waals surface area contributed by atoms with Crippen molar-refractivity contribution in [3.8, 4) is 0 Å². The Labute approximate surface area is 113 Å². The van der Waals surface area contributed by atoms with E-state index >= 15 is 0 Å². The number of thioether (sulfide) groups is 1. The van der Waals surface area contributed by atoms with E-state index in [1.807, 2.05) is 24.3 Å². The normalized spacial score (nSPS) is 12.1. The van der Waals surface area contributed by atoms with Crippen molar-refractivity contribution < 1.29 is 14.7 Å². The summed E-state index contributed by atoms with van der Waals surface area (Å²) in [6.45, 7) is 1.49. The number of carboxylic acid groups (broad SMARTS) is 1. The molecule has 0 radical (unpaired) electrons. The third-order valence-corrected chi connectivity index (χ3v) is 3.70.